The molecule has 160 valence electrons. The first-order chi connectivity index (χ1) is 14.0. The topological polar surface area (TPSA) is 106 Å². The minimum absolute atomic E-state index is 0.175. The number of nitrogens with zero attached hydrogens (tertiary/aromatic N) is 2. The number of nitrogens with one attached hydrogen (secondary N) is 2. The number of hydrogen-bond acceptors (Lipinski definition) is 5. The lowest BCUT2D eigenvalue weighted by molar-refractivity contribution is 0.0908. The van der Waals surface area contributed by atoms with Crippen LogP contribution < -0.4 is 10.0 Å². The Morgan fingerprint density at radius 2 is 1.83 bits per heavy atom. The molecule has 3 rings (SSSR count). The number of aryl methyl sites for hydroxylation is 1. The Morgan fingerprint density at radius 1 is 1.17 bits per heavy atom. The molecule has 0 aliphatic rings. The van der Waals surface area contributed by atoms with Crippen LogP contribution in [0.2, 0.25) is 0 Å². The predicted molar refractivity (Wildman–Crippen MR) is 108 cm³/mol. The van der Waals surface area contributed by atoms with Gasteiger partial charge in [-0.3, -0.25) is 4.79 Å². The summed E-state index contributed by atoms with van der Waals surface area (Å²) in [4.78, 5) is 17.1. The number of carbonyl (C=O) groups excluding carboxylic acids is 1. The third-order valence-corrected chi connectivity index (χ3v) is 5.74. The summed E-state index contributed by atoms with van der Waals surface area (Å²) in [7, 11) is -2.16. The summed E-state index contributed by atoms with van der Waals surface area (Å²) in [6.45, 7) is 5.09. The van der Waals surface area contributed by atoms with E-state index in [4.69, 9.17) is 4.42 Å². The fourth-order valence-corrected chi connectivity index (χ4v) is 4.20. The van der Waals surface area contributed by atoms with E-state index in [1.54, 1.807) is 56.9 Å². The van der Waals surface area contributed by atoms with Gasteiger partial charge in [-0.15, -0.1) is 0 Å². The molecule has 0 spiro atoms. The summed E-state index contributed by atoms with van der Waals surface area (Å²) in [6, 6.07) is 7.46. The van der Waals surface area contributed by atoms with Crippen LogP contribution in [0.15, 0.2) is 58.3 Å². The molecule has 8 nitrogen and oxygen atoms in total. The summed E-state index contributed by atoms with van der Waals surface area (Å²) < 4.78 is 47.7. The number of sulfonamides is 1. The number of rotatable bonds is 6. The molecule has 1 aromatic carbocycles. The highest BCUT2D eigenvalue weighted by Gasteiger charge is 2.28. The normalized spacial score (nSPS) is 13.2. The predicted octanol–water partition coefficient (Wildman–Crippen LogP) is 2.75. The number of furan rings is 1. The van der Waals surface area contributed by atoms with E-state index in [9.17, 15) is 17.6 Å². The van der Waals surface area contributed by atoms with Gasteiger partial charge in [0.15, 0.2) is 5.76 Å². The van der Waals surface area contributed by atoms with Crippen LogP contribution in [0, 0.1) is 5.82 Å². The van der Waals surface area contributed by atoms with Crippen molar-refractivity contribution >= 4 is 15.9 Å². The molecule has 0 aliphatic carbocycles. The second kappa shape index (κ2) is 8.04. The molecule has 0 saturated carbocycles. The van der Waals surface area contributed by atoms with Gasteiger partial charge in [0.25, 0.3) is 15.9 Å². The quantitative estimate of drug-likeness (QED) is 0.621. The van der Waals surface area contributed by atoms with Gasteiger partial charge in [-0.1, -0.05) is 12.1 Å². The lowest BCUT2D eigenvalue weighted by Gasteiger charge is -2.19. The molecule has 0 bridgehead atoms. The van der Waals surface area contributed by atoms with Gasteiger partial charge in [-0.25, -0.2) is 22.5 Å². The van der Waals surface area contributed by atoms with Crippen LogP contribution >= 0.6 is 0 Å². The zero-order valence-corrected chi connectivity index (χ0v) is 17.8. The molecule has 1 amide bonds. The maximum absolute atomic E-state index is 13.3. The van der Waals surface area contributed by atoms with Crippen LogP contribution in [0.3, 0.4) is 0 Å². The molecule has 2 aromatic heterocycles. The van der Waals surface area contributed by atoms with Gasteiger partial charge >= 0.3 is 0 Å². The maximum atomic E-state index is 13.3. The second-order valence-electron chi connectivity index (χ2n) is 7.83. The van der Waals surface area contributed by atoms with Crippen LogP contribution in [-0.4, -0.2) is 29.4 Å². The first-order valence-electron chi connectivity index (χ1n) is 9.14. The Labute approximate surface area is 174 Å². The number of hydrogen-bond donors (Lipinski definition) is 2. The fourth-order valence-electron chi connectivity index (χ4n) is 2.85. The number of benzene rings is 1. The van der Waals surface area contributed by atoms with Crippen molar-refractivity contribution in [1.82, 2.24) is 19.6 Å². The summed E-state index contributed by atoms with van der Waals surface area (Å²) in [5, 5.41) is 2.41. The van der Waals surface area contributed by atoms with E-state index in [2.05, 4.69) is 15.0 Å². The van der Waals surface area contributed by atoms with Crippen LogP contribution in [0.25, 0.3) is 0 Å². The molecule has 1 unspecified atom stereocenters. The van der Waals surface area contributed by atoms with Crippen molar-refractivity contribution in [3.05, 3.63) is 71.8 Å². The molecular formula is C20H23FN4O4S. The minimum atomic E-state index is -3.92. The Bertz CT molecular complexity index is 1140. The molecular weight excluding hydrogens is 411 g/mol. The van der Waals surface area contributed by atoms with Gasteiger partial charge in [-0.2, -0.15) is 0 Å². The average molecular weight is 434 g/mol. The van der Waals surface area contributed by atoms with Crippen molar-refractivity contribution in [2.45, 2.75) is 37.4 Å². The van der Waals surface area contributed by atoms with E-state index in [0.29, 0.717) is 11.4 Å². The summed E-state index contributed by atoms with van der Waals surface area (Å²) in [6.07, 6.45) is 3.29. The number of imidazole rings is 1. The first-order valence-corrected chi connectivity index (χ1v) is 10.6. The lowest BCUT2D eigenvalue weighted by Crippen LogP contribution is -2.40. The van der Waals surface area contributed by atoms with Gasteiger partial charge in [0.1, 0.15) is 17.7 Å². The molecule has 0 radical (unpaired) electrons. The van der Waals surface area contributed by atoms with Gasteiger partial charge in [0.2, 0.25) is 5.09 Å². The van der Waals surface area contributed by atoms with Crippen molar-refractivity contribution in [3.63, 3.8) is 0 Å². The fraction of sp³-hybridized carbons (Fsp3) is 0.300. The van der Waals surface area contributed by atoms with Gasteiger partial charge in [0, 0.05) is 25.0 Å². The Kier molecular flexibility index (Phi) is 5.82. The van der Waals surface area contributed by atoms with E-state index in [0.717, 1.165) is 0 Å². The standard InChI is InChI=1S/C20H23FN4O4S/c1-20(2,3)24-30(27,28)16-10-9-15(29-16)19(26)23-17(18-22-11-12-25(18)4)13-5-7-14(21)8-6-13/h5-12,17,24H,1-4H3,(H,23,26). The second-order valence-corrected chi connectivity index (χ2v) is 9.44. The molecule has 3 aromatic rings. The van der Waals surface area contributed by atoms with Crippen molar-refractivity contribution in [3.8, 4) is 0 Å². The van der Waals surface area contributed by atoms with Crippen molar-refractivity contribution in [2.75, 3.05) is 0 Å². The number of amides is 1. The highest BCUT2D eigenvalue weighted by Crippen LogP contribution is 2.23. The number of carbonyl (C=O) groups is 1. The largest absolute Gasteiger partial charge is 0.438 e. The van der Waals surface area contributed by atoms with E-state index in [1.165, 1.54) is 24.3 Å². The van der Waals surface area contributed by atoms with Gasteiger partial charge in [-0.05, 0) is 50.6 Å². The minimum Gasteiger partial charge on any atom is -0.438 e. The van der Waals surface area contributed by atoms with Gasteiger partial charge in [0.05, 0.1) is 0 Å². The smallest absolute Gasteiger partial charge is 0.287 e. The van der Waals surface area contributed by atoms with Crippen LogP contribution in [0.5, 0.6) is 0 Å². The van der Waals surface area contributed by atoms with E-state index >= 15 is 0 Å². The molecule has 2 heterocycles. The Balaban J connectivity index is 1.88. The maximum Gasteiger partial charge on any atom is 0.287 e. The van der Waals surface area contributed by atoms with Crippen molar-refractivity contribution in [1.29, 1.82) is 0 Å². The zero-order valence-electron chi connectivity index (χ0n) is 17.0. The third-order valence-electron chi connectivity index (χ3n) is 4.11. The van der Waals surface area contributed by atoms with Gasteiger partial charge < -0.3 is 14.3 Å². The summed E-state index contributed by atoms with van der Waals surface area (Å²) in [5.41, 5.74) is -0.104. The summed E-state index contributed by atoms with van der Waals surface area (Å²) in [5.74, 6) is -0.699. The lowest BCUT2D eigenvalue weighted by atomic mass is 10.1. The monoisotopic (exact) mass is 434 g/mol. The number of halogens is 1. The van der Waals surface area contributed by atoms with Crippen LogP contribution in [0.1, 0.15) is 48.8 Å². The molecule has 2 N–H and O–H groups in total. The SMILES string of the molecule is Cn1ccnc1C(NC(=O)c1ccc(S(=O)(=O)NC(C)(C)C)o1)c1ccc(F)cc1. The van der Waals surface area contributed by atoms with Crippen LogP contribution in [0.4, 0.5) is 4.39 Å². The Hall–Kier alpha value is -2.98. The molecule has 0 saturated heterocycles. The van der Waals surface area contributed by atoms with E-state index in [-0.39, 0.29) is 10.9 Å². The highest BCUT2D eigenvalue weighted by atomic mass is 32.2. The molecule has 10 heteroatoms. The molecule has 0 aliphatic heterocycles. The van der Waals surface area contributed by atoms with Crippen molar-refractivity contribution in [2.24, 2.45) is 7.05 Å². The highest BCUT2D eigenvalue weighted by molar-refractivity contribution is 7.89. The molecule has 30 heavy (non-hydrogen) atoms. The van der Waals surface area contributed by atoms with Crippen LogP contribution in [-0.2, 0) is 17.1 Å². The van der Waals surface area contributed by atoms with E-state index in [1.807, 2.05) is 0 Å². The molecule has 1 atom stereocenters. The Morgan fingerprint density at radius 3 is 2.40 bits per heavy atom. The summed E-state index contributed by atoms with van der Waals surface area (Å²) >= 11 is 0. The molecule has 0 fully saturated rings. The number of aromatic nitrogens is 2. The van der Waals surface area contributed by atoms with Crippen molar-refractivity contribution < 1.29 is 22.0 Å². The average Bonchev–Trinajstić information content (AvgIpc) is 3.28. The van der Waals surface area contributed by atoms with E-state index < -0.39 is 33.3 Å². The zero-order chi connectivity index (χ0) is 22.1. The third kappa shape index (κ3) is 4.95. The first kappa shape index (κ1) is 21.7.